The maximum atomic E-state index is 13.4. The first-order valence-electron chi connectivity index (χ1n) is 9.28. The Bertz CT molecular complexity index is 1090. The fourth-order valence-corrected chi connectivity index (χ4v) is 3.62. The number of anilines is 3. The number of aromatic nitrogens is 3. The Morgan fingerprint density at radius 2 is 2.07 bits per heavy atom. The number of halogens is 1. The molecule has 0 saturated carbocycles. The van der Waals surface area contributed by atoms with E-state index in [4.69, 9.17) is 0 Å². The molecule has 0 bridgehead atoms. The van der Waals surface area contributed by atoms with Crippen molar-refractivity contribution in [2.45, 2.75) is 32.9 Å². The van der Waals surface area contributed by atoms with Crippen LogP contribution in [-0.2, 0) is 13.0 Å². The van der Waals surface area contributed by atoms with Crippen molar-refractivity contribution in [1.29, 1.82) is 0 Å². The van der Waals surface area contributed by atoms with Crippen LogP contribution in [0.25, 0.3) is 0 Å². The number of carboxylic acid groups (broad SMARTS) is 1. The molecule has 1 aliphatic heterocycles. The summed E-state index contributed by atoms with van der Waals surface area (Å²) in [5, 5.41) is 21.1. The van der Waals surface area contributed by atoms with Crippen molar-refractivity contribution in [2.24, 2.45) is 0 Å². The highest BCUT2D eigenvalue weighted by Gasteiger charge is 2.32. The molecule has 1 aromatic heterocycles. The van der Waals surface area contributed by atoms with E-state index in [1.165, 1.54) is 12.1 Å². The lowest BCUT2D eigenvalue weighted by Crippen LogP contribution is -2.26. The molecule has 4 rings (SSSR count). The molecule has 0 fully saturated rings. The number of nitrogens with one attached hydrogen (secondary N) is 1. The number of carboxylic acids is 1. The van der Waals surface area contributed by atoms with E-state index in [1.807, 2.05) is 24.0 Å². The monoisotopic (exact) mass is 393 g/mol. The second kappa shape index (κ2) is 7.46. The van der Waals surface area contributed by atoms with Crippen LogP contribution in [-0.4, -0.2) is 32.3 Å². The molecule has 2 N–H and O–H groups in total. The molecule has 8 heteroatoms. The van der Waals surface area contributed by atoms with Gasteiger partial charge in [0.15, 0.2) is 5.82 Å². The van der Waals surface area contributed by atoms with E-state index in [-0.39, 0.29) is 11.9 Å². The van der Waals surface area contributed by atoms with Gasteiger partial charge in [-0.05, 0) is 55.7 Å². The molecule has 148 valence electrons. The normalized spacial score (nSPS) is 15.3. The van der Waals surface area contributed by atoms with Crippen molar-refractivity contribution in [2.75, 3.05) is 10.2 Å². The van der Waals surface area contributed by atoms with E-state index in [0.29, 0.717) is 36.0 Å². The summed E-state index contributed by atoms with van der Waals surface area (Å²) in [5.74, 6) is -0.295. The van der Waals surface area contributed by atoms with Crippen LogP contribution in [0.5, 0.6) is 0 Å². The van der Waals surface area contributed by atoms with Crippen LogP contribution in [0.15, 0.2) is 42.5 Å². The molecule has 0 aliphatic carbocycles. The van der Waals surface area contributed by atoms with Crippen molar-refractivity contribution < 1.29 is 14.3 Å². The molecule has 1 unspecified atom stereocenters. The molecule has 2 aromatic carbocycles. The molecular formula is C21H20FN5O2. The van der Waals surface area contributed by atoms with Crippen LogP contribution in [0.3, 0.4) is 0 Å². The van der Waals surface area contributed by atoms with E-state index in [9.17, 15) is 14.3 Å². The Morgan fingerprint density at radius 3 is 2.83 bits per heavy atom. The molecule has 0 amide bonds. The van der Waals surface area contributed by atoms with Crippen LogP contribution in [0, 0.1) is 12.7 Å². The first-order chi connectivity index (χ1) is 13.9. The molecule has 0 spiro atoms. The minimum Gasteiger partial charge on any atom is -0.478 e. The van der Waals surface area contributed by atoms with Gasteiger partial charge in [-0.3, -0.25) is 0 Å². The summed E-state index contributed by atoms with van der Waals surface area (Å²) in [6.45, 7) is 4.18. The van der Waals surface area contributed by atoms with Crippen molar-refractivity contribution >= 4 is 23.4 Å². The van der Waals surface area contributed by atoms with Crippen LogP contribution in [0.2, 0.25) is 0 Å². The first kappa shape index (κ1) is 18.8. The number of hydrogen-bond donors (Lipinski definition) is 2. The van der Waals surface area contributed by atoms with E-state index < -0.39 is 5.97 Å². The number of carbonyl (C=O) groups is 1. The minimum absolute atomic E-state index is 0.00826. The van der Waals surface area contributed by atoms with Gasteiger partial charge in [0.25, 0.3) is 5.95 Å². The van der Waals surface area contributed by atoms with Crippen molar-refractivity contribution in [3.63, 3.8) is 0 Å². The van der Waals surface area contributed by atoms with E-state index in [0.717, 1.165) is 16.8 Å². The Hall–Kier alpha value is -3.55. The second-order valence-electron chi connectivity index (χ2n) is 7.06. The highest BCUT2D eigenvalue weighted by atomic mass is 19.1. The fourth-order valence-electron chi connectivity index (χ4n) is 3.62. The Balaban J connectivity index is 1.64. The van der Waals surface area contributed by atoms with Gasteiger partial charge in [-0.1, -0.05) is 18.2 Å². The van der Waals surface area contributed by atoms with Gasteiger partial charge in [-0.15, -0.1) is 10.2 Å². The third-order valence-corrected chi connectivity index (χ3v) is 4.99. The SMILES string of the molecule is Cc1nnc(N2c3cccc(C(=O)O)c3CC2C)nc1NCc1cccc(F)c1. The van der Waals surface area contributed by atoms with Crippen LogP contribution in [0.4, 0.5) is 21.8 Å². The largest absolute Gasteiger partial charge is 0.478 e. The number of fused-ring (bicyclic) bond motifs is 1. The summed E-state index contributed by atoms with van der Waals surface area (Å²) in [6, 6.07) is 11.5. The summed E-state index contributed by atoms with van der Waals surface area (Å²) in [5.41, 5.74) is 3.25. The zero-order valence-corrected chi connectivity index (χ0v) is 16.1. The maximum absolute atomic E-state index is 13.4. The fraction of sp³-hybridized carbons (Fsp3) is 0.238. The standard InChI is InChI=1S/C21H20FN5O2/c1-12-9-17-16(20(28)29)7-4-8-18(17)27(12)21-24-19(13(2)25-26-21)23-11-14-5-3-6-15(22)10-14/h3-8,10,12H,9,11H2,1-2H3,(H,28,29)(H,23,24,26). The molecule has 3 aromatic rings. The predicted octanol–water partition coefficient (Wildman–Crippen LogP) is 3.71. The summed E-state index contributed by atoms with van der Waals surface area (Å²) in [4.78, 5) is 18.1. The number of hydrogen-bond acceptors (Lipinski definition) is 6. The van der Waals surface area contributed by atoms with Gasteiger partial charge in [-0.25, -0.2) is 9.18 Å². The van der Waals surface area contributed by atoms with Gasteiger partial charge in [-0.2, -0.15) is 4.98 Å². The first-order valence-corrected chi connectivity index (χ1v) is 9.28. The molecule has 0 saturated heterocycles. The minimum atomic E-state index is -0.948. The van der Waals surface area contributed by atoms with Crippen LogP contribution >= 0.6 is 0 Å². The Labute approximate surface area is 167 Å². The average Bonchev–Trinajstić information content (AvgIpc) is 3.03. The lowest BCUT2D eigenvalue weighted by Gasteiger charge is -2.23. The zero-order chi connectivity index (χ0) is 20.5. The molecular weight excluding hydrogens is 373 g/mol. The molecule has 7 nitrogen and oxygen atoms in total. The van der Waals surface area contributed by atoms with Crippen LogP contribution in [0.1, 0.15) is 34.1 Å². The quantitative estimate of drug-likeness (QED) is 0.683. The van der Waals surface area contributed by atoms with Gasteiger partial charge >= 0.3 is 5.97 Å². The van der Waals surface area contributed by atoms with E-state index >= 15 is 0 Å². The molecule has 2 heterocycles. The van der Waals surface area contributed by atoms with Crippen LogP contribution < -0.4 is 10.2 Å². The third-order valence-electron chi connectivity index (χ3n) is 4.99. The Morgan fingerprint density at radius 1 is 1.28 bits per heavy atom. The highest BCUT2D eigenvalue weighted by molar-refractivity contribution is 5.92. The number of rotatable bonds is 5. The van der Waals surface area contributed by atoms with Gasteiger partial charge in [0, 0.05) is 18.3 Å². The second-order valence-corrected chi connectivity index (χ2v) is 7.06. The van der Waals surface area contributed by atoms with E-state index in [2.05, 4.69) is 20.5 Å². The number of nitrogens with zero attached hydrogens (tertiary/aromatic N) is 4. The molecule has 1 atom stereocenters. The lowest BCUT2D eigenvalue weighted by molar-refractivity contribution is 0.0696. The smallest absolute Gasteiger partial charge is 0.336 e. The lowest BCUT2D eigenvalue weighted by atomic mass is 10.0. The molecule has 0 radical (unpaired) electrons. The topological polar surface area (TPSA) is 91.2 Å². The predicted molar refractivity (Wildman–Crippen MR) is 107 cm³/mol. The molecule has 1 aliphatic rings. The van der Waals surface area contributed by atoms with Gasteiger partial charge in [0.05, 0.1) is 5.56 Å². The summed E-state index contributed by atoms with van der Waals surface area (Å²) < 4.78 is 13.4. The van der Waals surface area contributed by atoms with Crippen molar-refractivity contribution in [1.82, 2.24) is 15.2 Å². The third kappa shape index (κ3) is 3.61. The van der Waals surface area contributed by atoms with Crippen molar-refractivity contribution in [3.8, 4) is 0 Å². The van der Waals surface area contributed by atoms with Gasteiger partial charge < -0.3 is 15.3 Å². The Kier molecular flexibility index (Phi) is 4.84. The average molecular weight is 393 g/mol. The summed E-state index contributed by atoms with van der Waals surface area (Å²) in [6.07, 6.45) is 0.584. The van der Waals surface area contributed by atoms with E-state index in [1.54, 1.807) is 25.1 Å². The highest BCUT2D eigenvalue weighted by Crippen LogP contribution is 2.38. The number of aryl methyl sites for hydroxylation is 1. The molecule has 29 heavy (non-hydrogen) atoms. The number of aromatic carboxylic acids is 1. The maximum Gasteiger partial charge on any atom is 0.336 e. The van der Waals surface area contributed by atoms with Crippen molar-refractivity contribution in [3.05, 3.63) is 70.7 Å². The zero-order valence-electron chi connectivity index (χ0n) is 16.1. The number of benzene rings is 2. The summed E-state index contributed by atoms with van der Waals surface area (Å²) >= 11 is 0. The van der Waals surface area contributed by atoms with Gasteiger partial charge in [0.1, 0.15) is 11.5 Å². The summed E-state index contributed by atoms with van der Waals surface area (Å²) in [7, 11) is 0. The van der Waals surface area contributed by atoms with Gasteiger partial charge in [0.2, 0.25) is 0 Å².